The number of benzene rings is 1. The number of phenols is 1. The van der Waals surface area contributed by atoms with Crippen molar-refractivity contribution < 1.29 is 14.6 Å². The Kier molecular flexibility index (Phi) is 3.90. The number of rotatable bonds is 3. The van der Waals surface area contributed by atoms with E-state index in [2.05, 4.69) is 15.3 Å². The molecule has 104 valence electrons. The van der Waals surface area contributed by atoms with Crippen LogP contribution in [0.1, 0.15) is 10.4 Å². The summed E-state index contributed by atoms with van der Waals surface area (Å²) in [6, 6.07) is 5.45. The van der Waals surface area contributed by atoms with Crippen molar-refractivity contribution in [1.29, 1.82) is 0 Å². The minimum Gasteiger partial charge on any atom is -0.508 e. The molecular weight excluding hydrogens is 284 g/mol. The van der Waals surface area contributed by atoms with E-state index in [1.807, 2.05) is 0 Å². The Morgan fingerprint density at radius 3 is 2.85 bits per heavy atom. The second-order valence-electron chi connectivity index (χ2n) is 3.78. The second-order valence-corrected chi connectivity index (χ2v) is 4.17. The van der Waals surface area contributed by atoms with Crippen molar-refractivity contribution in [1.82, 2.24) is 9.97 Å². The number of phenolic OH excluding ortho intramolecular Hbond substituents is 1. The highest BCUT2D eigenvalue weighted by atomic mass is 35.5. The fraction of sp³-hybridized carbons (Fsp3) is 0.0833. The maximum absolute atomic E-state index is 12.0. The molecule has 0 saturated carbocycles. The van der Waals surface area contributed by atoms with Gasteiger partial charge in [0.25, 0.3) is 5.91 Å². The Morgan fingerprint density at radius 2 is 2.15 bits per heavy atom. The molecule has 0 aliphatic rings. The SMILES string of the molecule is COc1cc(Cl)nc(NC(=O)c2cc(O)ccc2N)n1. The third kappa shape index (κ3) is 3.07. The molecule has 0 saturated heterocycles. The van der Waals surface area contributed by atoms with Gasteiger partial charge in [0, 0.05) is 11.8 Å². The van der Waals surface area contributed by atoms with Gasteiger partial charge >= 0.3 is 0 Å². The van der Waals surface area contributed by atoms with Gasteiger partial charge < -0.3 is 15.6 Å². The molecule has 0 radical (unpaired) electrons. The van der Waals surface area contributed by atoms with Gasteiger partial charge in [-0.2, -0.15) is 4.98 Å². The Bertz CT molecular complexity index is 663. The lowest BCUT2D eigenvalue weighted by Gasteiger charge is -2.08. The number of anilines is 2. The maximum atomic E-state index is 12.0. The molecule has 1 amide bonds. The molecule has 1 aromatic heterocycles. The van der Waals surface area contributed by atoms with Gasteiger partial charge in [-0.3, -0.25) is 10.1 Å². The Hall–Kier alpha value is -2.54. The number of nitrogens with two attached hydrogens (primary N) is 1. The molecule has 0 aliphatic carbocycles. The third-order valence-electron chi connectivity index (χ3n) is 2.39. The minimum absolute atomic E-state index is 0.0258. The predicted octanol–water partition coefficient (Wildman–Crippen LogP) is 1.68. The van der Waals surface area contributed by atoms with E-state index < -0.39 is 5.91 Å². The summed E-state index contributed by atoms with van der Waals surface area (Å²) in [6.45, 7) is 0. The van der Waals surface area contributed by atoms with Crippen LogP contribution >= 0.6 is 11.6 Å². The van der Waals surface area contributed by atoms with Gasteiger partial charge in [-0.05, 0) is 18.2 Å². The summed E-state index contributed by atoms with van der Waals surface area (Å²) < 4.78 is 4.91. The number of aromatic hydroxyl groups is 1. The first-order chi connectivity index (χ1) is 9.49. The van der Waals surface area contributed by atoms with Crippen molar-refractivity contribution in [3.8, 4) is 11.6 Å². The Labute approximate surface area is 119 Å². The summed E-state index contributed by atoms with van der Waals surface area (Å²) in [5.74, 6) is -0.456. The number of ether oxygens (including phenoxy) is 1. The monoisotopic (exact) mass is 294 g/mol. The van der Waals surface area contributed by atoms with E-state index in [4.69, 9.17) is 22.1 Å². The number of hydrogen-bond acceptors (Lipinski definition) is 6. The third-order valence-corrected chi connectivity index (χ3v) is 2.58. The number of amides is 1. The van der Waals surface area contributed by atoms with E-state index in [0.717, 1.165) is 0 Å². The number of carbonyl (C=O) groups excluding carboxylic acids is 1. The second kappa shape index (κ2) is 5.62. The Morgan fingerprint density at radius 1 is 1.40 bits per heavy atom. The molecule has 20 heavy (non-hydrogen) atoms. The van der Waals surface area contributed by atoms with E-state index in [0.29, 0.717) is 0 Å². The molecule has 2 aromatic rings. The number of aromatic nitrogens is 2. The smallest absolute Gasteiger partial charge is 0.260 e. The first-order valence-corrected chi connectivity index (χ1v) is 5.86. The number of nitrogens with one attached hydrogen (secondary N) is 1. The summed E-state index contributed by atoms with van der Waals surface area (Å²) in [6.07, 6.45) is 0. The standard InChI is InChI=1S/C12H11ClN4O3/c1-20-10-5-9(13)15-12(16-10)17-11(19)7-4-6(18)2-3-8(7)14/h2-5,18H,14H2,1H3,(H,15,16,17,19). The van der Waals surface area contributed by atoms with Crippen LogP contribution in [0, 0.1) is 0 Å². The van der Waals surface area contributed by atoms with Crippen molar-refractivity contribution in [2.24, 2.45) is 0 Å². The van der Waals surface area contributed by atoms with Crippen molar-refractivity contribution in [2.45, 2.75) is 0 Å². The van der Waals surface area contributed by atoms with Gasteiger partial charge in [0.15, 0.2) is 0 Å². The molecule has 0 atom stereocenters. The van der Waals surface area contributed by atoms with Crippen LogP contribution < -0.4 is 15.8 Å². The zero-order valence-electron chi connectivity index (χ0n) is 10.4. The topological polar surface area (TPSA) is 110 Å². The molecule has 0 aliphatic heterocycles. The fourth-order valence-corrected chi connectivity index (χ4v) is 1.64. The lowest BCUT2D eigenvalue weighted by Crippen LogP contribution is -2.16. The number of hydrogen-bond donors (Lipinski definition) is 3. The lowest BCUT2D eigenvalue weighted by atomic mass is 10.1. The van der Waals surface area contributed by atoms with E-state index in [-0.39, 0.29) is 34.0 Å². The fourth-order valence-electron chi connectivity index (χ4n) is 1.47. The number of nitrogen functional groups attached to an aromatic ring is 1. The summed E-state index contributed by atoms with van der Waals surface area (Å²) in [5, 5.41) is 11.9. The summed E-state index contributed by atoms with van der Waals surface area (Å²) in [5.41, 5.74) is 5.99. The van der Waals surface area contributed by atoms with Crippen molar-refractivity contribution >= 4 is 29.1 Å². The summed E-state index contributed by atoms with van der Waals surface area (Å²) in [7, 11) is 1.41. The number of methoxy groups -OCH3 is 1. The average molecular weight is 295 g/mol. The van der Waals surface area contributed by atoms with Gasteiger partial charge in [-0.1, -0.05) is 11.6 Å². The molecule has 2 rings (SSSR count). The van der Waals surface area contributed by atoms with E-state index >= 15 is 0 Å². The van der Waals surface area contributed by atoms with Crippen LogP contribution in [0.5, 0.6) is 11.6 Å². The highest BCUT2D eigenvalue weighted by molar-refractivity contribution is 6.29. The quantitative estimate of drug-likeness (QED) is 0.451. The zero-order chi connectivity index (χ0) is 14.7. The maximum Gasteiger partial charge on any atom is 0.260 e. The molecule has 0 unspecified atom stereocenters. The van der Waals surface area contributed by atoms with Gasteiger partial charge in [-0.15, -0.1) is 0 Å². The molecule has 7 nitrogen and oxygen atoms in total. The van der Waals surface area contributed by atoms with Crippen molar-refractivity contribution in [2.75, 3.05) is 18.2 Å². The van der Waals surface area contributed by atoms with Crippen molar-refractivity contribution in [3.63, 3.8) is 0 Å². The van der Waals surface area contributed by atoms with Gasteiger partial charge in [0.1, 0.15) is 10.9 Å². The molecule has 0 fully saturated rings. The molecule has 1 heterocycles. The predicted molar refractivity (Wildman–Crippen MR) is 74.1 cm³/mol. The minimum atomic E-state index is -0.567. The van der Waals surface area contributed by atoms with E-state index in [9.17, 15) is 9.90 Å². The van der Waals surface area contributed by atoms with Crippen LogP contribution in [-0.4, -0.2) is 28.1 Å². The van der Waals surface area contributed by atoms with Crippen LogP contribution in [-0.2, 0) is 0 Å². The largest absolute Gasteiger partial charge is 0.508 e. The molecule has 8 heteroatoms. The zero-order valence-corrected chi connectivity index (χ0v) is 11.2. The van der Waals surface area contributed by atoms with E-state index in [1.54, 1.807) is 0 Å². The van der Waals surface area contributed by atoms with E-state index in [1.165, 1.54) is 31.4 Å². The Balaban J connectivity index is 2.27. The van der Waals surface area contributed by atoms with Crippen LogP contribution in [0.25, 0.3) is 0 Å². The molecule has 0 bridgehead atoms. The van der Waals surface area contributed by atoms with Gasteiger partial charge in [0.05, 0.1) is 12.7 Å². The highest BCUT2D eigenvalue weighted by Gasteiger charge is 2.13. The molecule has 4 N–H and O–H groups in total. The number of halogens is 1. The summed E-state index contributed by atoms with van der Waals surface area (Å²) >= 11 is 5.77. The first-order valence-electron chi connectivity index (χ1n) is 5.48. The summed E-state index contributed by atoms with van der Waals surface area (Å²) in [4.78, 5) is 19.8. The van der Waals surface area contributed by atoms with Gasteiger partial charge in [-0.25, -0.2) is 4.98 Å². The molecular formula is C12H11ClN4O3. The lowest BCUT2D eigenvalue weighted by molar-refractivity contribution is 0.102. The average Bonchev–Trinajstić information content (AvgIpc) is 2.40. The molecule has 1 aromatic carbocycles. The number of nitrogens with zero attached hydrogens (tertiary/aromatic N) is 2. The van der Waals surface area contributed by atoms with Crippen molar-refractivity contribution in [3.05, 3.63) is 35.0 Å². The van der Waals surface area contributed by atoms with Crippen LogP contribution in [0.3, 0.4) is 0 Å². The van der Waals surface area contributed by atoms with Gasteiger partial charge in [0.2, 0.25) is 11.8 Å². The normalized spacial score (nSPS) is 10.1. The van der Waals surface area contributed by atoms with Crippen LogP contribution in [0.2, 0.25) is 5.15 Å². The number of carbonyl (C=O) groups is 1. The van der Waals surface area contributed by atoms with Crippen LogP contribution in [0.15, 0.2) is 24.3 Å². The molecule has 0 spiro atoms. The highest BCUT2D eigenvalue weighted by Crippen LogP contribution is 2.20. The van der Waals surface area contributed by atoms with Crippen LogP contribution in [0.4, 0.5) is 11.6 Å². The first kappa shape index (κ1) is 13.9.